The lowest BCUT2D eigenvalue weighted by Crippen LogP contribution is -2.42. The summed E-state index contributed by atoms with van der Waals surface area (Å²) in [4.78, 5) is 17.5. The maximum Gasteiger partial charge on any atom is 0.257 e. The molecule has 2 aromatic carbocycles. The molecule has 1 aromatic heterocycles. The molecule has 8 nitrogen and oxygen atoms in total. The van der Waals surface area contributed by atoms with Crippen molar-refractivity contribution in [3.63, 3.8) is 0 Å². The Morgan fingerprint density at radius 2 is 1.74 bits per heavy atom. The molecule has 186 valence electrons. The van der Waals surface area contributed by atoms with Crippen molar-refractivity contribution in [2.75, 3.05) is 32.6 Å². The van der Waals surface area contributed by atoms with E-state index in [1.165, 1.54) is 35.6 Å². The lowest BCUT2D eigenvalue weighted by molar-refractivity contribution is 0.102. The smallest absolute Gasteiger partial charge is 0.257 e. The number of hydrogen-bond donors (Lipinski definition) is 1. The number of sulfonamides is 1. The van der Waals surface area contributed by atoms with Gasteiger partial charge in [-0.1, -0.05) is 13.8 Å². The van der Waals surface area contributed by atoms with E-state index in [9.17, 15) is 13.2 Å². The van der Waals surface area contributed by atoms with Crippen LogP contribution in [-0.2, 0) is 10.0 Å². The molecule has 0 spiro atoms. The molecule has 35 heavy (non-hydrogen) atoms. The fourth-order valence-corrected chi connectivity index (χ4v) is 6.75. The Morgan fingerprint density at radius 3 is 2.37 bits per heavy atom. The van der Waals surface area contributed by atoms with Gasteiger partial charge in [0.15, 0.2) is 5.13 Å². The molecule has 1 saturated heterocycles. The van der Waals surface area contributed by atoms with Crippen LogP contribution in [0.5, 0.6) is 11.5 Å². The third-order valence-corrected chi connectivity index (χ3v) is 8.60. The van der Waals surface area contributed by atoms with Gasteiger partial charge < -0.3 is 9.47 Å². The number of nitrogens with one attached hydrogen (secondary N) is 1. The van der Waals surface area contributed by atoms with Crippen LogP contribution in [-0.4, -0.2) is 50.9 Å². The first kappa shape index (κ1) is 25.2. The summed E-state index contributed by atoms with van der Waals surface area (Å²) in [5.74, 6) is 1.56. The largest absolute Gasteiger partial charge is 0.497 e. The van der Waals surface area contributed by atoms with Crippen LogP contribution >= 0.6 is 11.3 Å². The maximum atomic E-state index is 13.1. The van der Waals surface area contributed by atoms with Crippen LogP contribution in [0.25, 0.3) is 11.3 Å². The van der Waals surface area contributed by atoms with Gasteiger partial charge in [0, 0.05) is 35.7 Å². The maximum absolute atomic E-state index is 13.1. The third kappa shape index (κ3) is 5.50. The Hall–Kier alpha value is -2.95. The van der Waals surface area contributed by atoms with Gasteiger partial charge in [-0.05, 0) is 54.7 Å². The number of nitrogens with zero attached hydrogens (tertiary/aromatic N) is 2. The average Bonchev–Trinajstić information content (AvgIpc) is 3.31. The predicted octanol–water partition coefficient (Wildman–Crippen LogP) is 4.75. The summed E-state index contributed by atoms with van der Waals surface area (Å²) in [5, 5.41) is 5.04. The zero-order valence-corrected chi connectivity index (χ0v) is 21.8. The minimum Gasteiger partial charge on any atom is -0.497 e. The van der Waals surface area contributed by atoms with Crippen molar-refractivity contribution in [1.29, 1.82) is 0 Å². The standard InChI is InChI=1S/C25H29N3O5S2/c1-16-11-17(2)14-28(13-16)35(30,31)20-8-5-18(6-9-20)24(29)27-25-26-22(15-34-25)21-10-7-19(32-3)12-23(21)33-4/h5-10,12,15-17H,11,13-14H2,1-4H3,(H,26,27,29)/t16-,17-/m0/s1. The van der Waals surface area contributed by atoms with E-state index in [-0.39, 0.29) is 10.8 Å². The van der Waals surface area contributed by atoms with Crippen molar-refractivity contribution in [2.45, 2.75) is 25.2 Å². The number of thiazole rings is 1. The summed E-state index contributed by atoms with van der Waals surface area (Å²) >= 11 is 1.29. The first-order chi connectivity index (χ1) is 16.7. The van der Waals surface area contributed by atoms with Crippen LogP contribution in [0.4, 0.5) is 5.13 Å². The van der Waals surface area contributed by atoms with Crippen molar-refractivity contribution < 1.29 is 22.7 Å². The minimum absolute atomic E-state index is 0.193. The Bertz CT molecular complexity index is 1290. The molecule has 10 heteroatoms. The number of benzene rings is 2. The Labute approximate surface area is 210 Å². The molecule has 1 amide bonds. The molecule has 0 unspecified atom stereocenters. The van der Waals surface area contributed by atoms with Crippen LogP contribution in [0.3, 0.4) is 0 Å². The van der Waals surface area contributed by atoms with Crippen molar-refractivity contribution in [2.24, 2.45) is 11.8 Å². The molecule has 4 rings (SSSR count). The highest BCUT2D eigenvalue weighted by Gasteiger charge is 2.31. The molecule has 0 radical (unpaired) electrons. The normalized spacial score (nSPS) is 18.7. The highest BCUT2D eigenvalue weighted by Crippen LogP contribution is 2.35. The number of ether oxygens (including phenoxy) is 2. The van der Waals surface area contributed by atoms with Gasteiger partial charge in [0.25, 0.3) is 5.91 Å². The Morgan fingerprint density at radius 1 is 1.06 bits per heavy atom. The van der Waals surface area contributed by atoms with Gasteiger partial charge in [-0.15, -0.1) is 11.3 Å². The first-order valence-electron chi connectivity index (χ1n) is 11.3. The lowest BCUT2D eigenvalue weighted by Gasteiger charge is -2.34. The second-order valence-corrected chi connectivity index (χ2v) is 11.6. The third-order valence-electron chi connectivity index (χ3n) is 6.00. The SMILES string of the molecule is COc1ccc(-c2csc(NC(=O)c3ccc(S(=O)(=O)N4C[C@@H](C)C[C@H](C)C4)cc3)n2)c(OC)c1. The van der Waals surface area contributed by atoms with Crippen LogP contribution in [0.15, 0.2) is 52.7 Å². The average molecular weight is 516 g/mol. The molecular formula is C25H29N3O5S2. The molecule has 2 heterocycles. The van der Waals surface area contributed by atoms with Crippen LogP contribution in [0, 0.1) is 11.8 Å². The van der Waals surface area contributed by atoms with Crippen molar-refractivity contribution in [3.8, 4) is 22.8 Å². The van der Waals surface area contributed by atoms with Crippen molar-refractivity contribution >= 4 is 32.4 Å². The first-order valence-corrected chi connectivity index (χ1v) is 13.6. The van der Waals surface area contributed by atoms with Gasteiger partial charge in [-0.2, -0.15) is 4.31 Å². The summed E-state index contributed by atoms with van der Waals surface area (Å²) in [6.07, 6.45) is 1.02. The van der Waals surface area contributed by atoms with Crippen molar-refractivity contribution in [1.82, 2.24) is 9.29 Å². The number of methoxy groups -OCH3 is 2. The topological polar surface area (TPSA) is 97.8 Å². The van der Waals surface area contributed by atoms with Gasteiger partial charge in [0.2, 0.25) is 10.0 Å². The number of piperidine rings is 1. The van der Waals surface area contributed by atoms with Gasteiger partial charge >= 0.3 is 0 Å². The van der Waals surface area contributed by atoms with E-state index in [4.69, 9.17) is 9.47 Å². The zero-order chi connectivity index (χ0) is 25.2. The van der Waals surface area contributed by atoms with Gasteiger partial charge in [-0.3, -0.25) is 10.1 Å². The van der Waals surface area contributed by atoms with Crippen LogP contribution < -0.4 is 14.8 Å². The molecule has 1 N–H and O–H groups in total. The van der Waals surface area contributed by atoms with E-state index in [0.717, 1.165) is 12.0 Å². The molecule has 1 aliphatic rings. The second kappa shape index (κ2) is 10.3. The number of rotatable bonds is 7. The monoisotopic (exact) mass is 515 g/mol. The summed E-state index contributed by atoms with van der Waals surface area (Å²) < 4.78 is 38.4. The van der Waals surface area contributed by atoms with Crippen LogP contribution in [0.1, 0.15) is 30.6 Å². The number of amides is 1. The molecule has 0 saturated carbocycles. The van der Waals surface area contributed by atoms with E-state index in [2.05, 4.69) is 24.1 Å². The zero-order valence-electron chi connectivity index (χ0n) is 20.1. The molecule has 2 atom stereocenters. The molecular weight excluding hydrogens is 486 g/mol. The van der Waals surface area contributed by atoms with Gasteiger partial charge in [0.1, 0.15) is 11.5 Å². The molecule has 1 aliphatic heterocycles. The second-order valence-electron chi connectivity index (χ2n) is 8.85. The number of aromatic nitrogens is 1. The van der Waals surface area contributed by atoms with E-state index < -0.39 is 10.0 Å². The fraction of sp³-hybridized carbons (Fsp3) is 0.360. The Kier molecular flexibility index (Phi) is 7.44. The van der Waals surface area contributed by atoms with Gasteiger partial charge in [0.05, 0.1) is 24.8 Å². The van der Waals surface area contributed by atoms with E-state index >= 15 is 0 Å². The number of carbonyl (C=O) groups excluding carboxylic acids is 1. The lowest BCUT2D eigenvalue weighted by atomic mass is 9.94. The quantitative estimate of drug-likeness (QED) is 0.488. The highest BCUT2D eigenvalue weighted by molar-refractivity contribution is 7.89. The van der Waals surface area contributed by atoms with Crippen molar-refractivity contribution in [3.05, 3.63) is 53.4 Å². The fourth-order valence-electron chi connectivity index (χ4n) is 4.36. The van der Waals surface area contributed by atoms with E-state index in [0.29, 0.717) is 52.8 Å². The minimum atomic E-state index is -3.60. The molecule has 3 aromatic rings. The summed E-state index contributed by atoms with van der Waals surface area (Å²) in [5.41, 5.74) is 1.79. The molecule has 1 fully saturated rings. The Balaban J connectivity index is 1.47. The number of carbonyl (C=O) groups is 1. The van der Waals surface area contributed by atoms with E-state index in [1.807, 2.05) is 17.5 Å². The number of anilines is 1. The summed E-state index contributed by atoms with van der Waals surface area (Å²) in [6.45, 7) is 5.17. The van der Waals surface area contributed by atoms with E-state index in [1.54, 1.807) is 24.6 Å². The van der Waals surface area contributed by atoms with Gasteiger partial charge in [-0.25, -0.2) is 13.4 Å². The summed E-state index contributed by atoms with van der Waals surface area (Å²) in [6, 6.07) is 11.5. The number of hydrogen-bond acceptors (Lipinski definition) is 7. The predicted molar refractivity (Wildman–Crippen MR) is 137 cm³/mol. The molecule has 0 bridgehead atoms. The highest BCUT2D eigenvalue weighted by atomic mass is 32.2. The van der Waals surface area contributed by atoms with Crippen LogP contribution in [0.2, 0.25) is 0 Å². The molecule has 0 aliphatic carbocycles. The summed E-state index contributed by atoms with van der Waals surface area (Å²) in [7, 11) is -0.440.